The lowest BCUT2D eigenvalue weighted by molar-refractivity contribution is -0.171. The Morgan fingerprint density at radius 2 is 2.00 bits per heavy atom. The predicted molar refractivity (Wildman–Crippen MR) is 73.7 cm³/mol. The maximum absolute atomic E-state index is 8.75. The minimum Gasteiger partial charge on any atom is -0.396 e. The van der Waals surface area contributed by atoms with Crippen molar-refractivity contribution in [2.45, 2.75) is 37.6 Å². The van der Waals surface area contributed by atoms with Crippen LogP contribution >= 0.6 is 0 Å². The van der Waals surface area contributed by atoms with Gasteiger partial charge in [0, 0.05) is 32.6 Å². The molecule has 0 unspecified atom stereocenters. The Balaban J connectivity index is 1.69. The Bertz CT molecular complexity index is 363. The molecule has 1 fully saturated rings. The summed E-state index contributed by atoms with van der Waals surface area (Å²) in [5.74, 6) is 0. The van der Waals surface area contributed by atoms with E-state index in [1.807, 2.05) is 18.2 Å². The van der Waals surface area contributed by atoms with Crippen molar-refractivity contribution < 1.29 is 14.6 Å². The van der Waals surface area contributed by atoms with Gasteiger partial charge in [0.2, 0.25) is 0 Å². The van der Waals surface area contributed by atoms with Crippen molar-refractivity contribution in [3.8, 4) is 0 Å². The molecule has 1 aromatic rings. The number of aliphatic hydroxyl groups excluding tert-OH is 1. The van der Waals surface area contributed by atoms with E-state index >= 15 is 0 Å². The van der Waals surface area contributed by atoms with Crippen molar-refractivity contribution in [1.82, 2.24) is 0 Å². The average molecular weight is 265 g/mol. The third kappa shape index (κ3) is 4.01. The fraction of sp³-hybridized carbons (Fsp3) is 0.600. The number of rotatable bonds is 8. The molecule has 0 atom stereocenters. The molecule has 3 N–H and O–H groups in total. The summed E-state index contributed by atoms with van der Waals surface area (Å²) < 4.78 is 11.6. The molecule has 4 nitrogen and oxygen atoms in total. The zero-order valence-corrected chi connectivity index (χ0v) is 11.3. The lowest BCUT2D eigenvalue weighted by atomic mass is 9.77. The van der Waals surface area contributed by atoms with Crippen LogP contribution in [0.4, 0.5) is 0 Å². The Morgan fingerprint density at radius 1 is 1.26 bits per heavy atom. The molecule has 1 saturated carbocycles. The second kappa shape index (κ2) is 7.01. The molecule has 0 aliphatic heterocycles. The largest absolute Gasteiger partial charge is 0.396 e. The Morgan fingerprint density at radius 3 is 2.63 bits per heavy atom. The van der Waals surface area contributed by atoms with Gasteiger partial charge in [-0.25, -0.2) is 0 Å². The van der Waals surface area contributed by atoms with E-state index < -0.39 is 0 Å². The highest BCUT2D eigenvalue weighted by Gasteiger charge is 2.44. The van der Waals surface area contributed by atoms with E-state index in [0.717, 1.165) is 12.8 Å². The molecular formula is C15H23NO3. The van der Waals surface area contributed by atoms with Gasteiger partial charge in [-0.2, -0.15) is 0 Å². The normalized spacial score (nSPS) is 26.1. The highest BCUT2D eigenvalue weighted by atomic mass is 16.5. The Hall–Kier alpha value is -0.940. The molecule has 0 aromatic heterocycles. The van der Waals surface area contributed by atoms with Crippen LogP contribution in [0.15, 0.2) is 30.3 Å². The van der Waals surface area contributed by atoms with Gasteiger partial charge in [-0.3, -0.25) is 0 Å². The topological polar surface area (TPSA) is 64.7 Å². The van der Waals surface area contributed by atoms with Gasteiger partial charge in [-0.05, 0) is 12.0 Å². The Kier molecular flexibility index (Phi) is 5.34. The molecule has 1 aliphatic carbocycles. The highest BCUT2D eigenvalue weighted by Crippen LogP contribution is 2.37. The maximum Gasteiger partial charge on any atom is 0.0853 e. The number of nitrogens with two attached hydrogens (primary N) is 1. The van der Waals surface area contributed by atoms with Crippen LogP contribution in [0.1, 0.15) is 24.8 Å². The van der Waals surface area contributed by atoms with Crippen LogP contribution in [0, 0.1) is 0 Å². The summed E-state index contributed by atoms with van der Waals surface area (Å²) in [7, 11) is 0. The zero-order valence-electron chi connectivity index (χ0n) is 11.3. The molecule has 0 saturated heterocycles. The van der Waals surface area contributed by atoms with E-state index in [9.17, 15) is 0 Å². The van der Waals surface area contributed by atoms with Crippen molar-refractivity contribution in [2.24, 2.45) is 5.73 Å². The molecule has 2 rings (SSSR count). The molecule has 4 heteroatoms. The Labute approximate surface area is 114 Å². The lowest BCUT2D eigenvalue weighted by Crippen LogP contribution is -2.55. The molecule has 19 heavy (non-hydrogen) atoms. The smallest absolute Gasteiger partial charge is 0.0853 e. The minimum absolute atomic E-state index is 0.161. The van der Waals surface area contributed by atoms with Crippen molar-refractivity contribution >= 4 is 0 Å². The summed E-state index contributed by atoms with van der Waals surface area (Å²) in [5.41, 5.74) is 6.74. The second-order valence-corrected chi connectivity index (χ2v) is 5.14. The molecule has 0 spiro atoms. The standard InChI is InChI=1S/C15H23NO3/c16-12-15(19-8-4-7-17)9-14(10-15)18-11-13-5-2-1-3-6-13/h1-3,5-6,14,17H,4,7-12,16H2. The minimum atomic E-state index is -0.226. The zero-order chi connectivity index (χ0) is 13.6. The molecule has 1 aromatic carbocycles. The van der Waals surface area contributed by atoms with Gasteiger partial charge >= 0.3 is 0 Å². The van der Waals surface area contributed by atoms with Crippen LogP contribution < -0.4 is 5.73 Å². The molecule has 106 valence electrons. The summed E-state index contributed by atoms with van der Waals surface area (Å²) in [6, 6.07) is 10.2. The lowest BCUT2D eigenvalue weighted by Gasteiger charge is -2.46. The number of benzene rings is 1. The molecule has 0 heterocycles. The SMILES string of the molecule is NCC1(OCCCO)CC(OCc2ccccc2)C1. The van der Waals surface area contributed by atoms with E-state index in [1.165, 1.54) is 5.56 Å². The third-order valence-electron chi connectivity index (χ3n) is 3.61. The monoisotopic (exact) mass is 265 g/mol. The van der Waals surface area contributed by atoms with E-state index in [-0.39, 0.29) is 18.3 Å². The van der Waals surface area contributed by atoms with Crippen molar-refractivity contribution in [2.75, 3.05) is 19.8 Å². The highest BCUT2D eigenvalue weighted by molar-refractivity contribution is 5.13. The first-order chi connectivity index (χ1) is 9.28. The number of hydrogen-bond donors (Lipinski definition) is 2. The van der Waals surface area contributed by atoms with Gasteiger partial charge in [0.25, 0.3) is 0 Å². The molecule has 1 aliphatic rings. The van der Waals surface area contributed by atoms with Crippen LogP contribution in [-0.2, 0) is 16.1 Å². The summed E-state index contributed by atoms with van der Waals surface area (Å²) in [4.78, 5) is 0. The van der Waals surface area contributed by atoms with Crippen LogP contribution in [0.2, 0.25) is 0 Å². The third-order valence-corrected chi connectivity index (χ3v) is 3.61. The maximum atomic E-state index is 8.75. The van der Waals surface area contributed by atoms with Gasteiger partial charge in [0.1, 0.15) is 0 Å². The van der Waals surface area contributed by atoms with E-state index in [4.69, 9.17) is 20.3 Å². The van der Waals surface area contributed by atoms with Crippen LogP contribution in [0.5, 0.6) is 0 Å². The second-order valence-electron chi connectivity index (χ2n) is 5.14. The predicted octanol–water partition coefficient (Wildman–Crippen LogP) is 1.46. The molecular weight excluding hydrogens is 242 g/mol. The number of aliphatic hydroxyl groups is 1. The average Bonchev–Trinajstić information content (AvgIpc) is 2.42. The first kappa shape index (κ1) is 14.5. The van der Waals surface area contributed by atoms with Crippen LogP contribution in [0.25, 0.3) is 0 Å². The summed E-state index contributed by atoms with van der Waals surface area (Å²) >= 11 is 0. The van der Waals surface area contributed by atoms with Gasteiger partial charge in [0.15, 0.2) is 0 Å². The van der Waals surface area contributed by atoms with Crippen molar-refractivity contribution in [3.63, 3.8) is 0 Å². The van der Waals surface area contributed by atoms with Gasteiger partial charge in [0.05, 0.1) is 18.3 Å². The first-order valence-corrected chi connectivity index (χ1v) is 6.88. The number of ether oxygens (including phenoxy) is 2. The number of hydrogen-bond acceptors (Lipinski definition) is 4. The molecule has 0 amide bonds. The van der Waals surface area contributed by atoms with E-state index in [1.54, 1.807) is 0 Å². The van der Waals surface area contributed by atoms with E-state index in [0.29, 0.717) is 26.2 Å². The quantitative estimate of drug-likeness (QED) is 0.698. The van der Waals surface area contributed by atoms with E-state index in [2.05, 4.69) is 12.1 Å². The van der Waals surface area contributed by atoms with Crippen LogP contribution in [0.3, 0.4) is 0 Å². The van der Waals surface area contributed by atoms with Crippen molar-refractivity contribution in [1.29, 1.82) is 0 Å². The molecule has 0 bridgehead atoms. The molecule has 0 radical (unpaired) electrons. The first-order valence-electron chi connectivity index (χ1n) is 6.88. The summed E-state index contributed by atoms with van der Waals surface area (Å²) in [6.07, 6.45) is 2.60. The van der Waals surface area contributed by atoms with Gasteiger partial charge in [-0.1, -0.05) is 30.3 Å². The fourth-order valence-electron chi connectivity index (χ4n) is 2.37. The summed E-state index contributed by atoms with van der Waals surface area (Å²) in [5, 5.41) is 8.75. The van der Waals surface area contributed by atoms with Crippen molar-refractivity contribution in [3.05, 3.63) is 35.9 Å². The summed E-state index contributed by atoms with van der Waals surface area (Å²) in [6.45, 7) is 1.89. The van der Waals surface area contributed by atoms with Crippen LogP contribution in [-0.4, -0.2) is 36.6 Å². The van der Waals surface area contributed by atoms with Gasteiger partial charge < -0.3 is 20.3 Å². The fourth-order valence-corrected chi connectivity index (χ4v) is 2.37. The van der Waals surface area contributed by atoms with Gasteiger partial charge in [-0.15, -0.1) is 0 Å².